The van der Waals surface area contributed by atoms with Gasteiger partial charge in [0, 0.05) is 0 Å². The molecule has 0 aliphatic carbocycles. The van der Waals surface area contributed by atoms with Crippen LogP contribution in [0.15, 0.2) is 12.2 Å². The summed E-state index contributed by atoms with van der Waals surface area (Å²) in [6.07, 6.45) is 2.32. The van der Waals surface area contributed by atoms with E-state index in [-0.39, 0.29) is 36.2 Å². The monoisotopic (exact) mass is 234 g/mol. The molecule has 0 fully saturated rings. The Labute approximate surface area is 106 Å². The molecule has 0 aromatic carbocycles. The van der Waals surface area contributed by atoms with Gasteiger partial charge in [-0.05, 0) is 6.92 Å². The van der Waals surface area contributed by atoms with Gasteiger partial charge >= 0.3 is 29.6 Å². The second kappa shape index (κ2) is 8.84. The third-order valence-corrected chi connectivity index (χ3v) is 1.97. The maximum absolute atomic E-state index is 10.3. The zero-order chi connectivity index (χ0) is 10.3. The Morgan fingerprint density at radius 2 is 2.07 bits per heavy atom. The molecule has 0 amide bonds. The molecule has 0 aromatic rings. The molecule has 2 N–H and O–H groups in total. The van der Waals surface area contributed by atoms with Gasteiger partial charge < -0.3 is 9.84 Å². The van der Waals surface area contributed by atoms with Crippen molar-refractivity contribution in [2.75, 3.05) is 19.0 Å². The minimum atomic E-state index is -4.11. The minimum absolute atomic E-state index is 0. The van der Waals surface area contributed by atoms with E-state index in [9.17, 15) is 8.42 Å². The van der Waals surface area contributed by atoms with Crippen molar-refractivity contribution in [3.63, 3.8) is 0 Å². The first kappa shape index (κ1) is 17.0. The molecule has 5 nitrogen and oxygen atoms in total. The predicted molar refractivity (Wildman–Crippen MR) is 55.2 cm³/mol. The number of hydrogen-bond acceptors (Lipinski definition) is 4. The van der Waals surface area contributed by atoms with Crippen molar-refractivity contribution in [3.05, 3.63) is 12.2 Å². The summed E-state index contributed by atoms with van der Waals surface area (Å²) in [6, 6.07) is 0. The number of rotatable bonds is 6. The van der Waals surface area contributed by atoms with Crippen molar-refractivity contribution in [2.45, 2.75) is 13.0 Å². The van der Waals surface area contributed by atoms with Crippen LogP contribution in [-0.4, -0.2) is 72.7 Å². The summed E-state index contributed by atoms with van der Waals surface area (Å²) in [7, 11) is -4.11. The van der Waals surface area contributed by atoms with E-state index in [1.165, 1.54) is 0 Å². The van der Waals surface area contributed by atoms with Crippen LogP contribution >= 0.6 is 0 Å². The molecular weight excluding hydrogens is 219 g/mol. The van der Waals surface area contributed by atoms with Gasteiger partial charge in [0.2, 0.25) is 0 Å². The van der Waals surface area contributed by atoms with Gasteiger partial charge in [0.15, 0.2) is 0 Å². The van der Waals surface area contributed by atoms with Crippen LogP contribution in [0, 0.1) is 0 Å². The van der Waals surface area contributed by atoms with E-state index < -0.39 is 22.0 Å². The average molecular weight is 234 g/mol. The number of aliphatic hydroxyl groups excluding tert-OH is 1. The van der Waals surface area contributed by atoms with E-state index in [1.54, 1.807) is 12.2 Å². The molecular formula is C7H15NaO5S. The normalized spacial score (nSPS) is 13.9. The predicted octanol–water partition coefficient (Wildman–Crippen LogP) is -0.821. The van der Waals surface area contributed by atoms with Gasteiger partial charge in [-0.25, -0.2) is 0 Å². The molecule has 7 heteroatoms. The Balaban J connectivity index is 0. The van der Waals surface area contributed by atoms with Gasteiger partial charge in [-0.3, -0.25) is 4.55 Å². The molecule has 0 bridgehead atoms. The molecule has 0 saturated heterocycles. The van der Waals surface area contributed by atoms with Crippen LogP contribution in [-0.2, 0) is 14.9 Å². The van der Waals surface area contributed by atoms with Gasteiger partial charge in [0.25, 0.3) is 10.1 Å². The second-order valence-corrected chi connectivity index (χ2v) is 4.01. The Hall–Kier alpha value is 0.570. The van der Waals surface area contributed by atoms with Crippen LogP contribution < -0.4 is 0 Å². The first-order chi connectivity index (χ1) is 5.95. The first-order valence-electron chi connectivity index (χ1n) is 3.78. The van der Waals surface area contributed by atoms with Gasteiger partial charge in [-0.15, -0.1) is 0 Å². The molecule has 1 unspecified atom stereocenters. The van der Waals surface area contributed by atoms with Gasteiger partial charge in [-0.2, -0.15) is 8.42 Å². The maximum atomic E-state index is 10.3. The standard InChI is InChI=1S/C7H14O5S.Na.H/c1-2-3-4-12-5-7(8)6-13(9,10)11;;/h2-3,7-8H,4-6H2,1H3,(H,9,10,11);;. The summed E-state index contributed by atoms with van der Waals surface area (Å²) in [5.41, 5.74) is 0. The van der Waals surface area contributed by atoms with E-state index in [2.05, 4.69) is 0 Å². The van der Waals surface area contributed by atoms with Crippen molar-refractivity contribution in [1.82, 2.24) is 0 Å². The molecule has 0 spiro atoms. The van der Waals surface area contributed by atoms with E-state index in [1.807, 2.05) is 6.92 Å². The summed E-state index contributed by atoms with van der Waals surface area (Å²) >= 11 is 0. The van der Waals surface area contributed by atoms with Gasteiger partial charge in [0.1, 0.15) is 5.75 Å². The zero-order valence-electron chi connectivity index (χ0n) is 7.38. The Bertz CT molecular complexity index is 249. The van der Waals surface area contributed by atoms with E-state index in [0.29, 0.717) is 6.61 Å². The van der Waals surface area contributed by atoms with E-state index >= 15 is 0 Å². The van der Waals surface area contributed by atoms with Gasteiger partial charge in [-0.1, -0.05) is 12.2 Å². The fourth-order valence-electron chi connectivity index (χ4n) is 0.660. The molecule has 14 heavy (non-hydrogen) atoms. The van der Waals surface area contributed by atoms with Crippen molar-refractivity contribution < 1.29 is 22.8 Å². The molecule has 0 aliphatic heterocycles. The summed E-state index contributed by atoms with van der Waals surface area (Å²) in [5.74, 6) is -0.692. The van der Waals surface area contributed by atoms with Crippen LogP contribution in [0.2, 0.25) is 0 Å². The molecule has 1 atom stereocenters. The Morgan fingerprint density at radius 1 is 1.50 bits per heavy atom. The number of aliphatic hydroxyl groups is 1. The third kappa shape index (κ3) is 12.6. The van der Waals surface area contributed by atoms with Crippen LogP contribution in [0.3, 0.4) is 0 Å². The Morgan fingerprint density at radius 3 is 2.50 bits per heavy atom. The van der Waals surface area contributed by atoms with E-state index in [4.69, 9.17) is 14.4 Å². The molecule has 80 valence electrons. The average Bonchev–Trinajstić information content (AvgIpc) is 1.94. The number of ether oxygens (including phenoxy) is 1. The zero-order valence-corrected chi connectivity index (χ0v) is 8.20. The third-order valence-electron chi connectivity index (χ3n) is 1.16. The quantitative estimate of drug-likeness (QED) is 0.271. The van der Waals surface area contributed by atoms with Crippen LogP contribution in [0.4, 0.5) is 0 Å². The van der Waals surface area contributed by atoms with Crippen molar-refractivity contribution in [1.29, 1.82) is 0 Å². The first-order valence-corrected chi connectivity index (χ1v) is 5.38. The van der Waals surface area contributed by atoms with Crippen molar-refractivity contribution >= 4 is 39.7 Å². The number of hydrogen-bond donors (Lipinski definition) is 2. The van der Waals surface area contributed by atoms with Crippen LogP contribution in [0.25, 0.3) is 0 Å². The SMILES string of the molecule is CC=CCOCC(O)CS(=O)(=O)O.[NaH]. The molecule has 0 aromatic heterocycles. The van der Waals surface area contributed by atoms with Crippen molar-refractivity contribution in [2.24, 2.45) is 0 Å². The molecule has 0 rings (SSSR count). The van der Waals surface area contributed by atoms with Crippen LogP contribution in [0.1, 0.15) is 6.92 Å². The van der Waals surface area contributed by atoms with Gasteiger partial charge in [0.05, 0.1) is 19.3 Å². The fraction of sp³-hybridized carbons (Fsp3) is 0.714. The van der Waals surface area contributed by atoms with E-state index in [0.717, 1.165) is 0 Å². The summed E-state index contributed by atoms with van der Waals surface area (Å²) < 4.78 is 33.7. The fourth-order valence-corrected chi connectivity index (χ4v) is 1.24. The van der Waals surface area contributed by atoms with Crippen LogP contribution in [0.5, 0.6) is 0 Å². The summed E-state index contributed by atoms with van der Waals surface area (Å²) in [4.78, 5) is 0. The van der Waals surface area contributed by atoms with Crippen molar-refractivity contribution in [3.8, 4) is 0 Å². The molecule has 0 aliphatic rings. The Kier molecular flexibility index (Phi) is 10.7. The molecule has 0 radical (unpaired) electrons. The number of allylic oxidation sites excluding steroid dienone is 1. The summed E-state index contributed by atoms with van der Waals surface area (Å²) in [6.45, 7) is 2.03. The second-order valence-electron chi connectivity index (χ2n) is 2.51. The molecule has 0 saturated carbocycles. The summed E-state index contributed by atoms with van der Waals surface area (Å²) in [5, 5.41) is 9.00. The molecule has 0 heterocycles. The topological polar surface area (TPSA) is 83.8 Å².